The number of hydrogen-bond acceptors (Lipinski definition) is 3. The minimum atomic E-state index is 0.763. The molecule has 0 saturated heterocycles. The van der Waals surface area contributed by atoms with Crippen LogP contribution in [0.5, 0.6) is 0 Å². The molecule has 74 valence electrons. The van der Waals surface area contributed by atoms with Crippen molar-refractivity contribution in [1.82, 2.24) is 0 Å². The molecule has 3 nitrogen and oxygen atoms in total. The van der Waals surface area contributed by atoms with E-state index in [-0.39, 0.29) is 0 Å². The Kier molecular flexibility index (Phi) is 9.86. The van der Waals surface area contributed by atoms with Crippen molar-refractivity contribution in [2.45, 2.75) is 32.1 Å². The van der Waals surface area contributed by atoms with Gasteiger partial charge in [-0.15, -0.1) is 17.0 Å². The third-order valence-corrected chi connectivity index (χ3v) is 1.47. The van der Waals surface area contributed by atoms with E-state index < -0.39 is 0 Å². The van der Waals surface area contributed by atoms with Gasteiger partial charge in [-0.05, 0) is 19.3 Å². The molecule has 0 aliphatic rings. The van der Waals surface area contributed by atoms with Crippen molar-refractivity contribution < 1.29 is 5.21 Å². The first-order chi connectivity index (χ1) is 6.91. The quantitative estimate of drug-likeness (QED) is 0.181. The Labute approximate surface area is 84.7 Å². The Hall–Kier alpha value is -1.74. The molecule has 3 heteroatoms. The van der Waals surface area contributed by atoms with Gasteiger partial charge in [-0.2, -0.15) is 5.26 Å². The number of nitrogens with zero attached hydrogens (tertiary/aromatic N) is 2. The molecule has 0 radical (unpaired) electrons. The van der Waals surface area contributed by atoms with Crippen molar-refractivity contribution >= 4 is 6.21 Å². The lowest BCUT2D eigenvalue weighted by Gasteiger charge is -1.85. The molecule has 0 fully saturated rings. The summed E-state index contributed by atoms with van der Waals surface area (Å²) in [6.07, 6.45) is 8.90. The number of oxime groups is 1. The van der Waals surface area contributed by atoms with Crippen LogP contribution in [0.3, 0.4) is 0 Å². The van der Waals surface area contributed by atoms with Crippen LogP contribution >= 0.6 is 0 Å². The van der Waals surface area contributed by atoms with Crippen molar-refractivity contribution in [2.24, 2.45) is 5.16 Å². The average Bonchev–Trinajstić information content (AvgIpc) is 2.21. The number of nitriles is 1. The molecule has 1 N–H and O–H groups in total. The second kappa shape index (κ2) is 11.3. The third-order valence-electron chi connectivity index (χ3n) is 1.47. The highest BCUT2D eigenvalue weighted by Crippen LogP contribution is 1.92. The van der Waals surface area contributed by atoms with Crippen molar-refractivity contribution in [3.05, 3.63) is 12.2 Å². The molecule has 0 aromatic heterocycles. The molecule has 14 heavy (non-hydrogen) atoms. The normalized spacial score (nSPS) is 9.93. The Morgan fingerprint density at radius 1 is 1.21 bits per heavy atom. The SMILES string of the molecule is N#C/C=C\CCC#CCCC/C=N/O. The Bertz CT molecular complexity index is 276. The summed E-state index contributed by atoms with van der Waals surface area (Å²) in [5.74, 6) is 6.01. The molecular weight excluding hydrogens is 176 g/mol. The van der Waals surface area contributed by atoms with E-state index in [2.05, 4.69) is 17.0 Å². The molecule has 0 atom stereocenters. The Balaban J connectivity index is 3.27. The molecule has 0 spiro atoms. The minimum Gasteiger partial charge on any atom is -0.411 e. The molecule has 0 amide bonds. The van der Waals surface area contributed by atoms with Crippen molar-refractivity contribution in [2.75, 3.05) is 0 Å². The highest BCUT2D eigenvalue weighted by atomic mass is 16.4. The van der Waals surface area contributed by atoms with Gasteiger partial charge in [0.05, 0.1) is 6.07 Å². The maximum Gasteiger partial charge on any atom is 0.0908 e. The highest BCUT2D eigenvalue weighted by Gasteiger charge is 1.80. The zero-order valence-corrected chi connectivity index (χ0v) is 8.11. The molecule has 0 aromatic carbocycles. The number of unbranched alkanes of at least 4 members (excludes halogenated alkanes) is 3. The van der Waals surface area contributed by atoms with E-state index in [1.165, 1.54) is 12.3 Å². The zero-order chi connectivity index (χ0) is 10.5. The van der Waals surface area contributed by atoms with Gasteiger partial charge in [0.15, 0.2) is 0 Å². The van der Waals surface area contributed by atoms with Crippen LogP contribution in [-0.4, -0.2) is 11.4 Å². The van der Waals surface area contributed by atoms with Crippen LogP contribution < -0.4 is 0 Å². The summed E-state index contributed by atoms with van der Waals surface area (Å²) in [6, 6.07) is 1.93. The maximum atomic E-state index is 8.18. The molecule has 0 heterocycles. The summed E-state index contributed by atoms with van der Waals surface area (Å²) < 4.78 is 0. The van der Waals surface area contributed by atoms with E-state index in [1.807, 2.05) is 12.1 Å². The van der Waals surface area contributed by atoms with Gasteiger partial charge in [-0.25, -0.2) is 0 Å². The molecule has 0 saturated carbocycles. The highest BCUT2D eigenvalue weighted by molar-refractivity contribution is 5.55. The fourth-order valence-corrected chi connectivity index (χ4v) is 0.808. The van der Waals surface area contributed by atoms with Crippen LogP contribution in [0.4, 0.5) is 0 Å². The van der Waals surface area contributed by atoms with Gasteiger partial charge in [-0.1, -0.05) is 6.08 Å². The van der Waals surface area contributed by atoms with Gasteiger partial charge in [0, 0.05) is 25.1 Å². The van der Waals surface area contributed by atoms with Crippen LogP contribution in [0.2, 0.25) is 0 Å². The van der Waals surface area contributed by atoms with Gasteiger partial charge in [0.2, 0.25) is 0 Å². The van der Waals surface area contributed by atoms with Crippen molar-refractivity contribution in [3.63, 3.8) is 0 Å². The largest absolute Gasteiger partial charge is 0.411 e. The van der Waals surface area contributed by atoms with E-state index in [4.69, 9.17) is 10.5 Å². The predicted molar refractivity (Wildman–Crippen MR) is 55.9 cm³/mol. The topological polar surface area (TPSA) is 56.4 Å². The van der Waals surface area contributed by atoms with Crippen molar-refractivity contribution in [3.8, 4) is 17.9 Å². The number of rotatable bonds is 5. The summed E-state index contributed by atoms with van der Waals surface area (Å²) in [7, 11) is 0. The van der Waals surface area contributed by atoms with Gasteiger partial charge < -0.3 is 5.21 Å². The maximum absolute atomic E-state index is 8.18. The van der Waals surface area contributed by atoms with E-state index in [1.54, 1.807) is 0 Å². The second-order valence-electron chi connectivity index (χ2n) is 2.61. The van der Waals surface area contributed by atoms with Gasteiger partial charge >= 0.3 is 0 Å². The van der Waals surface area contributed by atoms with Crippen LogP contribution in [0.1, 0.15) is 32.1 Å². The lowest BCUT2D eigenvalue weighted by molar-refractivity contribution is 0.320. The average molecular weight is 190 g/mol. The van der Waals surface area contributed by atoms with Crippen molar-refractivity contribution in [1.29, 1.82) is 5.26 Å². The van der Waals surface area contributed by atoms with E-state index in [0.717, 1.165) is 32.1 Å². The lowest BCUT2D eigenvalue weighted by Crippen LogP contribution is -1.75. The summed E-state index contributed by atoms with van der Waals surface area (Å²) >= 11 is 0. The molecule has 0 aliphatic carbocycles. The Morgan fingerprint density at radius 2 is 2.00 bits per heavy atom. The third kappa shape index (κ3) is 10.3. The fraction of sp³-hybridized carbons (Fsp3) is 0.455. The molecular formula is C11H14N2O. The first-order valence-corrected chi connectivity index (χ1v) is 4.58. The lowest BCUT2D eigenvalue weighted by atomic mass is 10.2. The number of allylic oxidation sites excluding steroid dienone is 2. The van der Waals surface area contributed by atoms with Gasteiger partial charge in [-0.3, -0.25) is 0 Å². The smallest absolute Gasteiger partial charge is 0.0908 e. The first-order valence-electron chi connectivity index (χ1n) is 4.58. The van der Waals surface area contributed by atoms with Crippen LogP contribution in [0, 0.1) is 23.2 Å². The summed E-state index contributed by atoms with van der Waals surface area (Å²) in [5.41, 5.74) is 0. The van der Waals surface area contributed by atoms with E-state index >= 15 is 0 Å². The van der Waals surface area contributed by atoms with Gasteiger partial charge in [0.25, 0.3) is 0 Å². The molecule has 0 bridgehead atoms. The summed E-state index contributed by atoms with van der Waals surface area (Å²) in [6.45, 7) is 0. The first kappa shape index (κ1) is 12.3. The van der Waals surface area contributed by atoms with E-state index in [0.29, 0.717) is 0 Å². The summed E-state index contributed by atoms with van der Waals surface area (Å²) in [5, 5.41) is 19.2. The van der Waals surface area contributed by atoms with Crippen LogP contribution in [0.15, 0.2) is 17.3 Å². The fourth-order valence-electron chi connectivity index (χ4n) is 0.808. The molecule has 0 aromatic rings. The molecule has 0 rings (SSSR count). The van der Waals surface area contributed by atoms with Crippen LogP contribution in [0.25, 0.3) is 0 Å². The molecule has 0 aliphatic heterocycles. The van der Waals surface area contributed by atoms with Crippen LogP contribution in [-0.2, 0) is 0 Å². The minimum absolute atomic E-state index is 0.763. The standard InChI is InChI=1S/C11H14N2O/c12-10-8-6-4-2-1-3-5-7-9-11-13-14/h6,8,11,14H,2,4-5,7,9H2/b8-6-,13-11+. The second-order valence-corrected chi connectivity index (χ2v) is 2.61. The van der Waals surface area contributed by atoms with E-state index in [9.17, 15) is 0 Å². The monoisotopic (exact) mass is 190 g/mol. The number of hydrogen-bond donors (Lipinski definition) is 1. The summed E-state index contributed by atoms with van der Waals surface area (Å²) in [4.78, 5) is 0. The predicted octanol–water partition coefficient (Wildman–Crippen LogP) is 2.48. The van der Waals surface area contributed by atoms with Gasteiger partial charge in [0.1, 0.15) is 0 Å². The molecule has 0 unspecified atom stereocenters. The zero-order valence-electron chi connectivity index (χ0n) is 8.11. The Morgan fingerprint density at radius 3 is 2.71 bits per heavy atom.